The highest BCUT2D eigenvalue weighted by Crippen LogP contribution is 2.30. The van der Waals surface area contributed by atoms with Crippen LogP contribution in [0, 0.1) is 0 Å². The van der Waals surface area contributed by atoms with E-state index in [-0.39, 0.29) is 5.56 Å². The van der Waals surface area contributed by atoms with Crippen molar-refractivity contribution in [2.75, 3.05) is 0 Å². The molecule has 1 aromatic rings. The molecule has 0 aliphatic carbocycles. The fourth-order valence-electron chi connectivity index (χ4n) is 0.993. The van der Waals surface area contributed by atoms with Gasteiger partial charge in [-0.15, -0.1) is 0 Å². The Kier molecular flexibility index (Phi) is 3.88. The summed E-state index contributed by atoms with van der Waals surface area (Å²) in [5.74, 6) is 0. The molecule has 96 valence electrons. The number of aliphatic hydroxyl groups is 1. The maximum absolute atomic E-state index is 12.1. The fourth-order valence-corrected chi connectivity index (χ4v) is 1.51. The Morgan fingerprint density at radius 1 is 0.941 bits per heavy atom. The van der Waals surface area contributed by atoms with Gasteiger partial charge in [-0.05, 0) is 12.1 Å². The third-order valence-electron chi connectivity index (χ3n) is 1.70. The lowest BCUT2D eigenvalue weighted by atomic mass is 10.1. The first kappa shape index (κ1) is 14.0. The molecule has 1 nitrogen and oxygen atoms in total. The topological polar surface area (TPSA) is 20.2 Å². The summed E-state index contributed by atoms with van der Waals surface area (Å²) >= 11 is -1.31. The third kappa shape index (κ3) is 4.39. The number of hydrogen-bond donors (Lipinski definition) is 2. The minimum atomic E-state index is -4.63. The molecule has 0 fully saturated rings. The maximum atomic E-state index is 12.1. The van der Waals surface area contributed by atoms with Gasteiger partial charge in [-0.2, -0.15) is 26.3 Å². The van der Waals surface area contributed by atoms with Crippen LogP contribution < -0.4 is 0 Å². The summed E-state index contributed by atoms with van der Waals surface area (Å²) in [7, 11) is 0. The molecule has 0 aliphatic heterocycles. The molecule has 0 saturated heterocycles. The Balaban J connectivity index is 3.00. The van der Waals surface area contributed by atoms with Crippen LogP contribution in [0.2, 0.25) is 0 Å². The molecule has 0 unspecified atom stereocenters. The van der Waals surface area contributed by atoms with Gasteiger partial charge >= 0.3 is 11.7 Å². The monoisotopic (exact) mass is 276 g/mol. The van der Waals surface area contributed by atoms with Crippen molar-refractivity contribution in [3.63, 3.8) is 0 Å². The molecule has 0 atom stereocenters. The summed E-state index contributed by atoms with van der Waals surface area (Å²) < 4.78 is 72.1. The van der Waals surface area contributed by atoms with Gasteiger partial charge in [0, 0.05) is 5.56 Å². The smallest absolute Gasteiger partial charge is 0.355 e. The molecule has 0 radical (unpaired) electrons. The van der Waals surface area contributed by atoms with Crippen LogP contribution in [0.3, 0.4) is 0 Å². The maximum Gasteiger partial charge on any atom is 0.436 e. The number of alkyl halides is 6. The lowest BCUT2D eigenvalue weighted by Gasteiger charge is -2.08. The molecular weight excluding hydrogens is 270 g/mol. The van der Waals surface area contributed by atoms with Crippen molar-refractivity contribution in [3.05, 3.63) is 35.4 Å². The first-order valence-corrected chi connectivity index (χ1v) is 5.02. The van der Waals surface area contributed by atoms with E-state index in [1.54, 1.807) is 0 Å². The molecule has 0 saturated carbocycles. The van der Waals surface area contributed by atoms with Gasteiger partial charge in [0.15, 0.2) is 0 Å². The average Bonchev–Trinajstić information content (AvgIpc) is 2.14. The highest BCUT2D eigenvalue weighted by atomic mass is 32.1. The summed E-state index contributed by atoms with van der Waals surface area (Å²) in [4.78, 5) is 0. The van der Waals surface area contributed by atoms with Gasteiger partial charge in [0.25, 0.3) is 0 Å². The molecule has 0 aromatic heterocycles. The predicted octanol–water partition coefficient (Wildman–Crippen LogP) is 3.73. The highest BCUT2D eigenvalue weighted by Gasteiger charge is 2.30. The largest absolute Gasteiger partial charge is 0.436 e. The molecule has 1 rings (SSSR count). The third-order valence-corrected chi connectivity index (χ3v) is 2.43. The first-order valence-electron chi connectivity index (χ1n) is 4.13. The number of rotatable bonds is 1. The molecule has 1 N–H and O–H groups in total. The number of halogens is 6. The second-order valence-corrected chi connectivity index (χ2v) is 4.13. The van der Waals surface area contributed by atoms with Gasteiger partial charge in [0.2, 0.25) is 0 Å². The molecule has 0 amide bonds. The van der Waals surface area contributed by atoms with Gasteiger partial charge < -0.3 is 5.11 Å². The highest BCUT2D eigenvalue weighted by molar-refractivity contribution is 7.99. The van der Waals surface area contributed by atoms with Crippen LogP contribution in [0.4, 0.5) is 26.3 Å². The van der Waals surface area contributed by atoms with Crippen LogP contribution in [-0.2, 0) is 6.18 Å². The van der Waals surface area contributed by atoms with E-state index in [4.69, 9.17) is 5.11 Å². The molecule has 8 heteroatoms. The zero-order valence-corrected chi connectivity index (χ0v) is 8.87. The van der Waals surface area contributed by atoms with Gasteiger partial charge in [0.1, 0.15) is 5.05 Å². The standard InChI is InChI=1S/C9H6F6OS/c10-8(11,12)6-3-1-5(2-4-6)7(16)17-9(13,14)15/h1-4,16-17H. The first-order chi connectivity index (χ1) is 7.59. The SMILES string of the molecule is OC(=[SH]C(F)(F)F)c1ccc(C(F)(F)F)cc1. The summed E-state index contributed by atoms with van der Waals surface area (Å²) in [5, 5.41) is 8.02. The van der Waals surface area contributed by atoms with Crippen LogP contribution in [0.1, 0.15) is 11.1 Å². The van der Waals surface area contributed by atoms with E-state index in [1.165, 1.54) is 0 Å². The Hall–Kier alpha value is -1.02. The van der Waals surface area contributed by atoms with Gasteiger partial charge in [-0.25, -0.2) is 0 Å². The number of aliphatic hydroxyl groups excluding tert-OH is 1. The van der Waals surface area contributed by atoms with Crippen LogP contribution in [0.5, 0.6) is 0 Å². The average molecular weight is 276 g/mol. The van der Waals surface area contributed by atoms with Crippen molar-refractivity contribution < 1.29 is 31.4 Å². The van der Waals surface area contributed by atoms with E-state index in [2.05, 4.69) is 0 Å². The van der Waals surface area contributed by atoms with Crippen molar-refractivity contribution in [2.45, 2.75) is 11.7 Å². The Labute approximate surface area is 95.6 Å². The molecule has 0 heterocycles. The minimum absolute atomic E-state index is 0.294. The second-order valence-electron chi connectivity index (χ2n) is 2.98. The summed E-state index contributed by atoms with van der Waals surface area (Å²) in [5.41, 5.74) is -5.91. The Bertz CT molecular complexity index is 417. The van der Waals surface area contributed by atoms with Gasteiger partial charge in [-0.3, -0.25) is 0 Å². The molecule has 0 spiro atoms. The van der Waals surface area contributed by atoms with Crippen molar-refractivity contribution >= 4 is 16.4 Å². The van der Waals surface area contributed by atoms with E-state index in [9.17, 15) is 26.3 Å². The number of hydrogen-bond acceptors (Lipinski definition) is 0. The van der Waals surface area contributed by atoms with Crippen molar-refractivity contribution in [3.8, 4) is 0 Å². The van der Waals surface area contributed by atoms with Gasteiger partial charge in [0.05, 0.1) is 5.56 Å². The lowest BCUT2D eigenvalue weighted by Crippen LogP contribution is -2.07. The normalized spacial score (nSPS) is 14.4. The second kappa shape index (κ2) is 4.69. The van der Waals surface area contributed by atoms with E-state index in [1.807, 2.05) is 0 Å². The summed E-state index contributed by atoms with van der Waals surface area (Å²) in [6, 6.07) is 2.79. The molecule has 17 heavy (non-hydrogen) atoms. The molecular formula is C9H6F6OS. The molecule has 1 aromatic carbocycles. The van der Waals surface area contributed by atoms with Crippen molar-refractivity contribution in [1.29, 1.82) is 0 Å². The summed E-state index contributed by atoms with van der Waals surface area (Å²) in [6.07, 6.45) is -4.56. The molecule has 0 aliphatic rings. The lowest BCUT2D eigenvalue weighted by molar-refractivity contribution is -0.137. The van der Waals surface area contributed by atoms with Crippen LogP contribution in [0.25, 0.3) is 0 Å². The minimum Gasteiger partial charge on any atom is -0.355 e. The van der Waals surface area contributed by atoms with Crippen molar-refractivity contribution in [1.82, 2.24) is 0 Å². The van der Waals surface area contributed by atoms with Crippen LogP contribution >= 0.6 is 11.4 Å². The van der Waals surface area contributed by atoms with E-state index in [0.717, 1.165) is 12.1 Å². The van der Waals surface area contributed by atoms with Crippen molar-refractivity contribution in [2.24, 2.45) is 0 Å². The zero-order valence-electron chi connectivity index (χ0n) is 7.97. The van der Waals surface area contributed by atoms with E-state index < -0.39 is 33.6 Å². The van der Waals surface area contributed by atoms with Gasteiger partial charge in [-0.1, -0.05) is 23.5 Å². The predicted molar refractivity (Wildman–Crippen MR) is 53.2 cm³/mol. The Morgan fingerprint density at radius 2 is 1.41 bits per heavy atom. The quantitative estimate of drug-likeness (QED) is 0.455. The van der Waals surface area contributed by atoms with Crippen LogP contribution in [-0.4, -0.2) is 15.7 Å². The zero-order chi connectivity index (χ0) is 13.3. The number of benzene rings is 1. The van der Waals surface area contributed by atoms with Crippen LogP contribution in [0.15, 0.2) is 24.3 Å². The fraction of sp³-hybridized carbons (Fsp3) is 0.222. The Morgan fingerprint density at radius 3 is 1.76 bits per heavy atom. The number of thiol groups is 1. The summed E-state index contributed by atoms with van der Waals surface area (Å²) in [6.45, 7) is 0. The van der Waals surface area contributed by atoms with E-state index in [0.29, 0.717) is 12.1 Å². The van der Waals surface area contributed by atoms with E-state index >= 15 is 0 Å². The molecule has 0 bridgehead atoms.